The fourth-order valence-electron chi connectivity index (χ4n) is 2.53. The second-order valence-corrected chi connectivity index (χ2v) is 5.58. The van der Waals surface area contributed by atoms with Gasteiger partial charge in [0.25, 0.3) is 0 Å². The molecule has 0 radical (unpaired) electrons. The van der Waals surface area contributed by atoms with Gasteiger partial charge in [-0.2, -0.15) is 0 Å². The van der Waals surface area contributed by atoms with Gasteiger partial charge < -0.3 is 4.74 Å². The van der Waals surface area contributed by atoms with Gasteiger partial charge in [0.05, 0.1) is 7.11 Å². The number of piperidine rings is 1. The van der Waals surface area contributed by atoms with Gasteiger partial charge in [-0.25, -0.2) is 0 Å². The minimum absolute atomic E-state index is 0.222. The summed E-state index contributed by atoms with van der Waals surface area (Å²) in [5.41, 5.74) is 0.963. The van der Waals surface area contributed by atoms with Crippen molar-refractivity contribution in [2.45, 2.75) is 26.8 Å². The van der Waals surface area contributed by atoms with E-state index in [0.29, 0.717) is 12.2 Å². The molecule has 0 N–H and O–H groups in total. The molecule has 3 heteroatoms. The van der Waals surface area contributed by atoms with Crippen LogP contribution < -0.4 is 4.74 Å². The number of carbonyl (C=O) groups excluding carboxylic acids is 1. The van der Waals surface area contributed by atoms with Crippen LogP contribution in [-0.4, -0.2) is 30.9 Å². The fraction of sp³-hybridized carbons (Fsp3) is 0.533. The van der Waals surface area contributed by atoms with Gasteiger partial charge in [0.1, 0.15) is 11.5 Å². The average Bonchev–Trinajstić information content (AvgIpc) is 2.34. The molecule has 1 fully saturated rings. The van der Waals surface area contributed by atoms with Crippen LogP contribution in [0.4, 0.5) is 0 Å². The molecule has 0 bridgehead atoms. The molecule has 18 heavy (non-hydrogen) atoms. The summed E-state index contributed by atoms with van der Waals surface area (Å²) in [5, 5.41) is 0. The van der Waals surface area contributed by atoms with Gasteiger partial charge in [0.15, 0.2) is 0 Å². The summed E-state index contributed by atoms with van der Waals surface area (Å²) in [6.45, 7) is 6.58. The summed E-state index contributed by atoms with van der Waals surface area (Å²) in [6.07, 6.45) is 0.655. The van der Waals surface area contributed by atoms with Crippen molar-refractivity contribution >= 4 is 5.78 Å². The molecule has 1 aliphatic heterocycles. The SMILES string of the molecule is COc1ccccc1CN1CCC(=O)C(C)(C)C1. The molecule has 1 aliphatic rings. The third kappa shape index (κ3) is 2.72. The molecule has 1 aromatic rings. The summed E-state index contributed by atoms with van der Waals surface area (Å²) in [7, 11) is 1.70. The monoisotopic (exact) mass is 247 g/mol. The fourth-order valence-corrected chi connectivity index (χ4v) is 2.53. The average molecular weight is 247 g/mol. The third-order valence-electron chi connectivity index (χ3n) is 3.62. The van der Waals surface area contributed by atoms with E-state index in [0.717, 1.165) is 25.4 Å². The van der Waals surface area contributed by atoms with Gasteiger partial charge >= 0.3 is 0 Å². The Balaban J connectivity index is 2.08. The van der Waals surface area contributed by atoms with E-state index in [-0.39, 0.29) is 5.41 Å². The van der Waals surface area contributed by atoms with Crippen molar-refractivity contribution < 1.29 is 9.53 Å². The Hall–Kier alpha value is -1.35. The number of methoxy groups -OCH3 is 1. The first-order valence-corrected chi connectivity index (χ1v) is 6.40. The number of para-hydroxylation sites is 1. The highest BCUT2D eigenvalue weighted by Crippen LogP contribution is 2.28. The van der Waals surface area contributed by atoms with E-state index in [1.165, 1.54) is 5.56 Å². The van der Waals surface area contributed by atoms with E-state index < -0.39 is 0 Å². The number of Topliss-reactive ketones (excluding diaryl/α,β-unsaturated/α-hetero) is 1. The highest BCUT2D eigenvalue weighted by molar-refractivity contribution is 5.85. The van der Waals surface area contributed by atoms with E-state index in [1.54, 1.807) is 7.11 Å². The zero-order valence-corrected chi connectivity index (χ0v) is 11.4. The molecule has 1 heterocycles. The predicted octanol–water partition coefficient (Wildman–Crippen LogP) is 2.50. The van der Waals surface area contributed by atoms with Crippen LogP contribution in [0, 0.1) is 5.41 Å². The number of rotatable bonds is 3. The summed E-state index contributed by atoms with van der Waals surface area (Å²) < 4.78 is 5.37. The lowest BCUT2D eigenvalue weighted by Crippen LogP contribution is -2.45. The maximum atomic E-state index is 11.8. The third-order valence-corrected chi connectivity index (χ3v) is 3.62. The zero-order chi connectivity index (χ0) is 13.2. The zero-order valence-electron chi connectivity index (χ0n) is 11.4. The normalized spacial score (nSPS) is 19.8. The lowest BCUT2D eigenvalue weighted by molar-refractivity contribution is -0.131. The Bertz CT molecular complexity index is 440. The molecule has 1 aromatic carbocycles. The van der Waals surface area contributed by atoms with Crippen molar-refractivity contribution in [3.63, 3.8) is 0 Å². The van der Waals surface area contributed by atoms with Gasteiger partial charge in [-0.05, 0) is 6.07 Å². The molecule has 98 valence electrons. The molecule has 0 atom stereocenters. The molecular formula is C15H21NO2. The molecule has 0 saturated carbocycles. The number of ether oxygens (including phenoxy) is 1. The van der Waals surface area contributed by atoms with E-state index >= 15 is 0 Å². The Morgan fingerprint density at radius 1 is 1.33 bits per heavy atom. The van der Waals surface area contributed by atoms with Gasteiger partial charge in [-0.15, -0.1) is 0 Å². The van der Waals surface area contributed by atoms with Crippen molar-refractivity contribution in [2.24, 2.45) is 5.41 Å². The summed E-state index contributed by atoms with van der Waals surface area (Å²) in [4.78, 5) is 14.1. The molecule has 3 nitrogen and oxygen atoms in total. The van der Waals surface area contributed by atoms with Crippen LogP contribution in [0.1, 0.15) is 25.8 Å². The number of likely N-dealkylation sites (tertiary alicyclic amines) is 1. The van der Waals surface area contributed by atoms with Crippen molar-refractivity contribution in [1.29, 1.82) is 0 Å². The van der Waals surface area contributed by atoms with Crippen molar-refractivity contribution in [1.82, 2.24) is 4.90 Å². The van der Waals surface area contributed by atoms with Gasteiger partial charge in [-0.1, -0.05) is 32.0 Å². The second kappa shape index (κ2) is 5.11. The standard InChI is InChI=1S/C15H21NO2/c1-15(2)11-16(9-8-14(15)17)10-12-6-4-5-7-13(12)18-3/h4-7H,8-11H2,1-3H3. The van der Waals surface area contributed by atoms with Crippen LogP contribution >= 0.6 is 0 Å². The van der Waals surface area contributed by atoms with Gasteiger partial charge in [0.2, 0.25) is 0 Å². The predicted molar refractivity (Wildman–Crippen MR) is 71.7 cm³/mol. The minimum Gasteiger partial charge on any atom is -0.496 e. The van der Waals surface area contributed by atoms with Crippen molar-refractivity contribution in [3.8, 4) is 5.75 Å². The molecule has 0 unspecified atom stereocenters. The number of ketones is 1. The molecule has 0 aliphatic carbocycles. The van der Waals surface area contributed by atoms with Crippen LogP contribution in [0.25, 0.3) is 0 Å². The van der Waals surface area contributed by atoms with E-state index in [4.69, 9.17) is 4.74 Å². The summed E-state index contributed by atoms with van der Waals surface area (Å²) in [6, 6.07) is 8.07. The quantitative estimate of drug-likeness (QED) is 0.822. The van der Waals surface area contributed by atoms with Crippen molar-refractivity contribution in [3.05, 3.63) is 29.8 Å². The number of hydrogen-bond donors (Lipinski definition) is 0. The highest BCUT2D eigenvalue weighted by Gasteiger charge is 2.34. The van der Waals surface area contributed by atoms with Crippen molar-refractivity contribution in [2.75, 3.05) is 20.2 Å². The Morgan fingerprint density at radius 3 is 2.72 bits per heavy atom. The largest absolute Gasteiger partial charge is 0.496 e. The smallest absolute Gasteiger partial charge is 0.141 e. The maximum Gasteiger partial charge on any atom is 0.141 e. The van der Waals surface area contributed by atoms with Crippen LogP contribution in [0.5, 0.6) is 5.75 Å². The minimum atomic E-state index is -0.222. The topological polar surface area (TPSA) is 29.5 Å². The van der Waals surface area contributed by atoms with Gasteiger partial charge in [0, 0.05) is 37.0 Å². The number of hydrogen-bond acceptors (Lipinski definition) is 3. The van der Waals surface area contributed by atoms with E-state index in [2.05, 4.69) is 11.0 Å². The first kappa shape index (κ1) is 13.1. The Kier molecular flexibility index (Phi) is 3.71. The van der Waals surface area contributed by atoms with Gasteiger partial charge in [-0.3, -0.25) is 9.69 Å². The van der Waals surface area contributed by atoms with Crippen LogP contribution in [0.3, 0.4) is 0 Å². The molecular weight excluding hydrogens is 226 g/mol. The van der Waals surface area contributed by atoms with Crippen LogP contribution in [-0.2, 0) is 11.3 Å². The summed E-state index contributed by atoms with van der Waals surface area (Å²) >= 11 is 0. The first-order chi connectivity index (χ1) is 8.53. The lowest BCUT2D eigenvalue weighted by Gasteiger charge is -2.36. The molecule has 0 amide bonds. The number of nitrogens with zero attached hydrogens (tertiary/aromatic N) is 1. The Morgan fingerprint density at radius 2 is 2.06 bits per heavy atom. The van der Waals surface area contributed by atoms with Crippen LogP contribution in [0.2, 0.25) is 0 Å². The lowest BCUT2D eigenvalue weighted by atomic mass is 9.82. The first-order valence-electron chi connectivity index (χ1n) is 6.40. The molecule has 0 spiro atoms. The maximum absolute atomic E-state index is 11.8. The molecule has 1 saturated heterocycles. The molecule has 2 rings (SSSR count). The highest BCUT2D eigenvalue weighted by atomic mass is 16.5. The Labute approximate surface area is 109 Å². The summed E-state index contributed by atoms with van der Waals surface area (Å²) in [5.74, 6) is 1.30. The van der Waals surface area contributed by atoms with E-state index in [9.17, 15) is 4.79 Å². The van der Waals surface area contributed by atoms with Crippen LogP contribution in [0.15, 0.2) is 24.3 Å². The van der Waals surface area contributed by atoms with E-state index in [1.807, 2.05) is 32.0 Å². The number of carbonyl (C=O) groups is 1. The second-order valence-electron chi connectivity index (χ2n) is 5.58. The number of benzene rings is 1. The molecule has 0 aromatic heterocycles.